The second-order valence-corrected chi connectivity index (χ2v) is 4.04. The van der Waals surface area contributed by atoms with Crippen LogP contribution >= 0.6 is 0 Å². The van der Waals surface area contributed by atoms with E-state index in [0.717, 1.165) is 6.42 Å². The number of ketones is 1. The largest absolute Gasteiger partial charge is 0.457 e. The summed E-state index contributed by atoms with van der Waals surface area (Å²) in [6, 6.07) is 0. The van der Waals surface area contributed by atoms with Crippen molar-refractivity contribution in [3.05, 3.63) is 24.3 Å². The minimum absolute atomic E-state index is 0.0808. The summed E-state index contributed by atoms with van der Waals surface area (Å²) in [5.41, 5.74) is 0. The standard InChI is InChI=1S/C11H10O3/c12-8-4-5-9-6-2-1-3-7(10(6)8)11(13)14-9/h1,3-7,9-10H,2H2/t6-,7+,9+,10+/m0/s1. The molecule has 3 nitrogen and oxygen atoms in total. The number of allylic oxidation sites excluding steroid dienone is 2. The first-order chi connectivity index (χ1) is 6.77. The van der Waals surface area contributed by atoms with Gasteiger partial charge in [0.25, 0.3) is 0 Å². The zero-order valence-corrected chi connectivity index (χ0v) is 7.55. The summed E-state index contributed by atoms with van der Waals surface area (Å²) in [4.78, 5) is 23.1. The highest BCUT2D eigenvalue weighted by molar-refractivity contribution is 5.98. The number of carbonyl (C=O) groups is 2. The second kappa shape index (κ2) is 2.56. The van der Waals surface area contributed by atoms with Gasteiger partial charge >= 0.3 is 5.97 Å². The molecule has 0 saturated carbocycles. The van der Waals surface area contributed by atoms with Crippen LogP contribution in [-0.4, -0.2) is 17.9 Å². The molecule has 0 radical (unpaired) electrons. The molecule has 3 aliphatic rings. The average Bonchev–Trinajstić information content (AvgIpc) is 2.19. The molecule has 0 N–H and O–H groups in total. The van der Waals surface area contributed by atoms with E-state index in [9.17, 15) is 9.59 Å². The lowest BCUT2D eigenvalue weighted by atomic mass is 9.67. The quantitative estimate of drug-likeness (QED) is 0.420. The van der Waals surface area contributed by atoms with Crippen molar-refractivity contribution in [2.24, 2.45) is 17.8 Å². The van der Waals surface area contributed by atoms with Gasteiger partial charge in [0.1, 0.15) is 6.10 Å². The zero-order chi connectivity index (χ0) is 9.71. The molecular weight excluding hydrogens is 180 g/mol. The maximum Gasteiger partial charge on any atom is 0.314 e. The predicted molar refractivity (Wildman–Crippen MR) is 48.3 cm³/mol. The third kappa shape index (κ3) is 0.870. The van der Waals surface area contributed by atoms with Gasteiger partial charge in [0.2, 0.25) is 0 Å². The van der Waals surface area contributed by atoms with Crippen LogP contribution in [0.3, 0.4) is 0 Å². The van der Waals surface area contributed by atoms with E-state index in [2.05, 4.69) is 0 Å². The van der Waals surface area contributed by atoms with Gasteiger partial charge in [-0.3, -0.25) is 9.59 Å². The minimum Gasteiger partial charge on any atom is -0.457 e. The van der Waals surface area contributed by atoms with Crippen molar-refractivity contribution in [1.29, 1.82) is 0 Å². The molecule has 1 fully saturated rings. The van der Waals surface area contributed by atoms with Crippen molar-refractivity contribution < 1.29 is 14.3 Å². The van der Waals surface area contributed by atoms with Crippen LogP contribution in [0, 0.1) is 17.8 Å². The fourth-order valence-electron chi connectivity index (χ4n) is 2.65. The third-order valence-electron chi connectivity index (χ3n) is 3.32. The average molecular weight is 190 g/mol. The van der Waals surface area contributed by atoms with Gasteiger partial charge in [0, 0.05) is 11.8 Å². The van der Waals surface area contributed by atoms with Gasteiger partial charge in [0.15, 0.2) is 5.78 Å². The summed E-state index contributed by atoms with van der Waals surface area (Å²) in [5.74, 6) is -0.471. The number of carbonyl (C=O) groups excluding carboxylic acids is 2. The van der Waals surface area contributed by atoms with Crippen LogP contribution in [0.5, 0.6) is 0 Å². The van der Waals surface area contributed by atoms with Crippen molar-refractivity contribution in [2.45, 2.75) is 12.5 Å². The molecule has 0 unspecified atom stereocenters. The van der Waals surface area contributed by atoms with E-state index in [0.29, 0.717) is 0 Å². The van der Waals surface area contributed by atoms with Gasteiger partial charge in [-0.05, 0) is 18.6 Å². The SMILES string of the molecule is O=C1C=C[C@H]2OC(=O)[C@@H]3C=CC[C@@H]2[C@@H]13. The van der Waals surface area contributed by atoms with Crippen molar-refractivity contribution in [3.8, 4) is 0 Å². The first kappa shape index (κ1) is 7.97. The first-order valence-corrected chi connectivity index (χ1v) is 4.86. The molecule has 4 bridgehead atoms. The highest BCUT2D eigenvalue weighted by Gasteiger charge is 2.49. The fraction of sp³-hybridized carbons (Fsp3) is 0.455. The maximum absolute atomic E-state index is 11.6. The van der Waals surface area contributed by atoms with Gasteiger partial charge in [-0.2, -0.15) is 0 Å². The Morgan fingerprint density at radius 3 is 3.00 bits per heavy atom. The molecule has 1 heterocycles. The lowest BCUT2D eigenvalue weighted by molar-refractivity contribution is -0.169. The summed E-state index contributed by atoms with van der Waals surface area (Å²) in [7, 11) is 0. The predicted octanol–water partition coefficient (Wildman–Crippen LogP) is 0.859. The number of rotatable bonds is 0. The smallest absolute Gasteiger partial charge is 0.314 e. The molecule has 3 heteroatoms. The molecule has 14 heavy (non-hydrogen) atoms. The van der Waals surface area contributed by atoms with Gasteiger partial charge < -0.3 is 4.74 Å². The van der Waals surface area contributed by atoms with Crippen molar-refractivity contribution in [2.75, 3.05) is 0 Å². The molecular formula is C11H10O3. The Bertz CT molecular complexity index is 367. The van der Waals surface area contributed by atoms with E-state index in [-0.39, 0.29) is 35.6 Å². The highest BCUT2D eigenvalue weighted by atomic mass is 16.5. The third-order valence-corrected chi connectivity index (χ3v) is 3.32. The summed E-state index contributed by atoms with van der Waals surface area (Å²) in [5, 5.41) is 0. The van der Waals surface area contributed by atoms with Crippen molar-refractivity contribution >= 4 is 11.8 Å². The van der Waals surface area contributed by atoms with Crippen molar-refractivity contribution in [1.82, 2.24) is 0 Å². The lowest BCUT2D eigenvalue weighted by Gasteiger charge is -2.42. The molecule has 3 rings (SSSR count). The summed E-state index contributed by atoms with van der Waals surface area (Å²) in [6.07, 6.45) is 7.75. The normalized spacial score (nSPS) is 43.7. The Balaban J connectivity index is 2.12. The van der Waals surface area contributed by atoms with Crippen LogP contribution in [0.2, 0.25) is 0 Å². The van der Waals surface area contributed by atoms with Gasteiger partial charge in [-0.25, -0.2) is 0 Å². The molecule has 0 aromatic rings. The Labute approximate surface area is 81.4 Å². The summed E-state index contributed by atoms with van der Waals surface area (Å²) in [6.45, 7) is 0. The van der Waals surface area contributed by atoms with Gasteiger partial charge in [-0.1, -0.05) is 12.2 Å². The number of esters is 1. The van der Waals surface area contributed by atoms with E-state index >= 15 is 0 Å². The summed E-state index contributed by atoms with van der Waals surface area (Å²) >= 11 is 0. The van der Waals surface area contributed by atoms with Crippen LogP contribution in [-0.2, 0) is 14.3 Å². The molecule has 0 spiro atoms. The Hall–Kier alpha value is -1.38. The molecule has 0 aromatic heterocycles. The topological polar surface area (TPSA) is 43.4 Å². The van der Waals surface area contributed by atoms with Crippen LogP contribution in [0.4, 0.5) is 0 Å². The molecule has 1 aliphatic heterocycles. The second-order valence-electron chi connectivity index (χ2n) is 4.04. The maximum atomic E-state index is 11.6. The zero-order valence-electron chi connectivity index (χ0n) is 7.55. The Morgan fingerprint density at radius 2 is 2.14 bits per heavy atom. The molecule has 2 aliphatic carbocycles. The van der Waals surface area contributed by atoms with Crippen molar-refractivity contribution in [3.63, 3.8) is 0 Å². The number of hydrogen-bond acceptors (Lipinski definition) is 3. The number of hydrogen-bond donors (Lipinski definition) is 0. The van der Waals surface area contributed by atoms with Crippen LogP contribution < -0.4 is 0 Å². The molecule has 0 aromatic carbocycles. The first-order valence-electron chi connectivity index (χ1n) is 4.86. The van der Waals surface area contributed by atoms with E-state index in [1.807, 2.05) is 12.2 Å². The van der Waals surface area contributed by atoms with Crippen LogP contribution in [0.25, 0.3) is 0 Å². The fourth-order valence-corrected chi connectivity index (χ4v) is 2.65. The van der Waals surface area contributed by atoms with E-state index < -0.39 is 0 Å². The van der Waals surface area contributed by atoms with E-state index in [4.69, 9.17) is 4.74 Å². The van der Waals surface area contributed by atoms with Crippen LogP contribution in [0.1, 0.15) is 6.42 Å². The molecule has 0 amide bonds. The Morgan fingerprint density at radius 1 is 1.29 bits per heavy atom. The van der Waals surface area contributed by atoms with Crippen LogP contribution in [0.15, 0.2) is 24.3 Å². The minimum atomic E-state index is -0.331. The summed E-state index contributed by atoms with van der Waals surface area (Å²) < 4.78 is 5.24. The molecule has 4 atom stereocenters. The highest BCUT2D eigenvalue weighted by Crippen LogP contribution is 2.42. The lowest BCUT2D eigenvalue weighted by Crippen LogP contribution is -2.50. The Kier molecular flexibility index (Phi) is 1.46. The van der Waals surface area contributed by atoms with E-state index in [1.165, 1.54) is 0 Å². The number of ether oxygens (including phenoxy) is 1. The molecule has 72 valence electrons. The monoisotopic (exact) mass is 190 g/mol. The molecule has 1 saturated heterocycles. The van der Waals surface area contributed by atoms with Gasteiger partial charge in [-0.15, -0.1) is 0 Å². The van der Waals surface area contributed by atoms with E-state index in [1.54, 1.807) is 12.2 Å². The van der Waals surface area contributed by atoms with Gasteiger partial charge in [0.05, 0.1) is 5.92 Å².